The molecule has 0 spiro atoms. The van der Waals surface area contributed by atoms with Gasteiger partial charge in [-0.1, -0.05) is 38.3 Å². The van der Waals surface area contributed by atoms with Crippen LogP contribution in [0.25, 0.3) is 0 Å². The van der Waals surface area contributed by atoms with E-state index in [1.807, 2.05) is 12.1 Å². The van der Waals surface area contributed by atoms with Crippen LogP contribution in [0.1, 0.15) is 55.5 Å². The van der Waals surface area contributed by atoms with E-state index in [4.69, 9.17) is 5.73 Å². The number of rotatable bonds is 8. The number of carbonyl (C=O) groups excluding carboxylic acids is 1. The summed E-state index contributed by atoms with van der Waals surface area (Å²) in [6.45, 7) is 5.28. The second-order valence-electron chi connectivity index (χ2n) is 4.84. The Morgan fingerprint density at radius 1 is 1.28 bits per heavy atom. The smallest absolute Gasteiger partial charge is 0.248 e. The lowest BCUT2D eigenvalue weighted by Crippen LogP contribution is -2.25. The van der Waals surface area contributed by atoms with E-state index < -0.39 is 0 Å². The molecular weight excluding hydrogens is 224 g/mol. The summed E-state index contributed by atoms with van der Waals surface area (Å²) >= 11 is 0. The number of nitrogens with one attached hydrogen (secondary N) is 1. The molecule has 1 aromatic rings. The molecule has 100 valence electrons. The molecule has 0 aliphatic rings. The molecular formula is C15H24N2O. The van der Waals surface area contributed by atoms with Crippen LogP contribution in [0.3, 0.4) is 0 Å². The van der Waals surface area contributed by atoms with Crippen LogP contribution in [0.2, 0.25) is 0 Å². The summed E-state index contributed by atoms with van der Waals surface area (Å²) in [5.41, 5.74) is 6.95. The van der Waals surface area contributed by atoms with Crippen LogP contribution in [-0.4, -0.2) is 11.9 Å². The normalized spacial score (nSPS) is 12.3. The number of unbranched alkanes of at least 4 members (excludes halogenated alkanes) is 2. The largest absolute Gasteiger partial charge is 0.366 e. The summed E-state index contributed by atoms with van der Waals surface area (Å²) in [6.07, 6.45) is 5.07. The van der Waals surface area contributed by atoms with Gasteiger partial charge in [0.25, 0.3) is 0 Å². The third-order valence-corrected chi connectivity index (χ3v) is 3.13. The molecule has 0 radical (unpaired) electrons. The van der Waals surface area contributed by atoms with Crippen molar-refractivity contribution in [3.05, 3.63) is 35.4 Å². The van der Waals surface area contributed by atoms with Gasteiger partial charge in [0.05, 0.1) is 0 Å². The lowest BCUT2D eigenvalue weighted by molar-refractivity contribution is 0.100. The van der Waals surface area contributed by atoms with Gasteiger partial charge in [0.15, 0.2) is 0 Å². The van der Waals surface area contributed by atoms with Gasteiger partial charge in [0.2, 0.25) is 5.91 Å². The van der Waals surface area contributed by atoms with Crippen LogP contribution in [-0.2, 0) is 6.54 Å². The number of hydrogen-bond acceptors (Lipinski definition) is 2. The van der Waals surface area contributed by atoms with Crippen molar-refractivity contribution in [2.24, 2.45) is 5.73 Å². The highest BCUT2D eigenvalue weighted by Gasteiger charge is 2.02. The Balaban J connectivity index is 2.32. The highest BCUT2D eigenvalue weighted by molar-refractivity contribution is 5.92. The third-order valence-electron chi connectivity index (χ3n) is 3.13. The van der Waals surface area contributed by atoms with Crippen molar-refractivity contribution >= 4 is 5.91 Å². The van der Waals surface area contributed by atoms with Gasteiger partial charge in [-0.25, -0.2) is 0 Å². The number of nitrogens with two attached hydrogens (primary N) is 1. The minimum Gasteiger partial charge on any atom is -0.366 e. The predicted molar refractivity (Wildman–Crippen MR) is 75.4 cm³/mol. The Kier molecular flexibility index (Phi) is 6.44. The standard InChI is InChI=1S/C15H24N2O/c1-3-4-5-6-12(2)17-11-13-7-9-14(10-8-13)15(16)18/h7-10,12,17H,3-6,11H2,1-2H3,(H2,16,18). The van der Waals surface area contributed by atoms with Crippen molar-refractivity contribution < 1.29 is 4.79 Å². The molecule has 1 atom stereocenters. The van der Waals surface area contributed by atoms with Crippen molar-refractivity contribution in [3.63, 3.8) is 0 Å². The lowest BCUT2D eigenvalue weighted by Gasteiger charge is -2.13. The number of primary amides is 1. The first-order chi connectivity index (χ1) is 8.63. The van der Waals surface area contributed by atoms with E-state index in [2.05, 4.69) is 19.2 Å². The van der Waals surface area contributed by atoms with Gasteiger partial charge in [-0.2, -0.15) is 0 Å². The maximum atomic E-state index is 10.9. The molecule has 1 unspecified atom stereocenters. The van der Waals surface area contributed by atoms with Gasteiger partial charge in [0, 0.05) is 18.2 Å². The van der Waals surface area contributed by atoms with Gasteiger partial charge < -0.3 is 11.1 Å². The van der Waals surface area contributed by atoms with Gasteiger partial charge in [-0.3, -0.25) is 4.79 Å². The van der Waals surface area contributed by atoms with E-state index in [1.54, 1.807) is 12.1 Å². The summed E-state index contributed by atoms with van der Waals surface area (Å²) in [4.78, 5) is 10.9. The van der Waals surface area contributed by atoms with Crippen molar-refractivity contribution in [2.45, 2.75) is 52.1 Å². The average Bonchev–Trinajstić information content (AvgIpc) is 2.37. The monoisotopic (exact) mass is 248 g/mol. The van der Waals surface area contributed by atoms with Gasteiger partial charge in [0.1, 0.15) is 0 Å². The van der Waals surface area contributed by atoms with Crippen LogP contribution in [0.5, 0.6) is 0 Å². The zero-order valence-electron chi connectivity index (χ0n) is 11.4. The zero-order valence-corrected chi connectivity index (χ0v) is 11.4. The van der Waals surface area contributed by atoms with Gasteiger partial charge in [-0.05, 0) is 31.0 Å². The van der Waals surface area contributed by atoms with E-state index in [0.717, 1.165) is 6.54 Å². The van der Waals surface area contributed by atoms with Crippen molar-refractivity contribution in [2.75, 3.05) is 0 Å². The van der Waals surface area contributed by atoms with Gasteiger partial charge >= 0.3 is 0 Å². The van der Waals surface area contributed by atoms with Crippen LogP contribution < -0.4 is 11.1 Å². The molecule has 0 saturated heterocycles. The molecule has 1 aromatic carbocycles. The first kappa shape index (κ1) is 14.7. The minimum absolute atomic E-state index is 0.373. The maximum absolute atomic E-state index is 10.9. The molecule has 0 aliphatic heterocycles. The summed E-state index contributed by atoms with van der Waals surface area (Å²) < 4.78 is 0. The topological polar surface area (TPSA) is 55.1 Å². The Labute approximate surface area is 110 Å². The highest BCUT2D eigenvalue weighted by Crippen LogP contribution is 2.06. The second kappa shape index (κ2) is 7.88. The van der Waals surface area contributed by atoms with Crippen molar-refractivity contribution in [1.29, 1.82) is 0 Å². The first-order valence-corrected chi connectivity index (χ1v) is 6.75. The minimum atomic E-state index is -0.373. The summed E-state index contributed by atoms with van der Waals surface area (Å²) in [7, 11) is 0. The SMILES string of the molecule is CCCCCC(C)NCc1ccc(C(N)=O)cc1. The molecule has 3 nitrogen and oxygen atoms in total. The summed E-state index contributed by atoms with van der Waals surface area (Å²) in [6, 6.07) is 7.99. The average molecular weight is 248 g/mol. The molecule has 0 fully saturated rings. The van der Waals surface area contributed by atoms with Crippen molar-refractivity contribution in [3.8, 4) is 0 Å². The second-order valence-corrected chi connectivity index (χ2v) is 4.84. The maximum Gasteiger partial charge on any atom is 0.248 e. The fourth-order valence-corrected chi connectivity index (χ4v) is 1.88. The van der Waals surface area contributed by atoms with Crippen molar-refractivity contribution in [1.82, 2.24) is 5.32 Å². The van der Waals surface area contributed by atoms with Gasteiger partial charge in [-0.15, -0.1) is 0 Å². The lowest BCUT2D eigenvalue weighted by atomic mass is 10.1. The summed E-state index contributed by atoms with van der Waals surface area (Å²) in [5.74, 6) is -0.373. The predicted octanol–water partition coefficient (Wildman–Crippen LogP) is 2.84. The van der Waals surface area contributed by atoms with E-state index >= 15 is 0 Å². The van der Waals surface area contributed by atoms with Crippen LogP contribution in [0, 0.1) is 0 Å². The molecule has 1 rings (SSSR count). The number of amides is 1. The molecule has 0 heterocycles. The van der Waals surface area contributed by atoms with E-state index in [-0.39, 0.29) is 5.91 Å². The van der Waals surface area contributed by atoms with Crippen LogP contribution in [0.4, 0.5) is 0 Å². The molecule has 0 saturated carbocycles. The molecule has 18 heavy (non-hydrogen) atoms. The number of hydrogen-bond donors (Lipinski definition) is 2. The Morgan fingerprint density at radius 3 is 2.50 bits per heavy atom. The molecule has 3 heteroatoms. The number of carbonyl (C=O) groups is 1. The molecule has 0 aromatic heterocycles. The third kappa shape index (κ3) is 5.32. The first-order valence-electron chi connectivity index (χ1n) is 6.75. The summed E-state index contributed by atoms with van der Waals surface area (Å²) in [5, 5.41) is 3.49. The Bertz CT molecular complexity index is 359. The van der Waals surface area contributed by atoms with E-state index in [9.17, 15) is 4.79 Å². The van der Waals surface area contributed by atoms with E-state index in [1.165, 1.54) is 31.2 Å². The number of benzene rings is 1. The highest BCUT2D eigenvalue weighted by atomic mass is 16.1. The molecule has 3 N–H and O–H groups in total. The molecule has 0 aliphatic carbocycles. The molecule has 0 bridgehead atoms. The van der Waals surface area contributed by atoms with Crippen LogP contribution in [0.15, 0.2) is 24.3 Å². The van der Waals surface area contributed by atoms with Crippen LogP contribution >= 0.6 is 0 Å². The Morgan fingerprint density at radius 2 is 1.94 bits per heavy atom. The Hall–Kier alpha value is -1.35. The zero-order chi connectivity index (χ0) is 13.4. The fraction of sp³-hybridized carbons (Fsp3) is 0.533. The molecule has 1 amide bonds. The quantitative estimate of drug-likeness (QED) is 0.695. The fourth-order valence-electron chi connectivity index (χ4n) is 1.88. The van der Waals surface area contributed by atoms with E-state index in [0.29, 0.717) is 11.6 Å².